The average Bonchev–Trinajstić information content (AvgIpc) is 3.07. The van der Waals surface area contributed by atoms with Crippen molar-refractivity contribution < 1.29 is 19.2 Å². The minimum absolute atomic E-state index is 0.134. The summed E-state index contributed by atoms with van der Waals surface area (Å²) in [6, 6.07) is 13.0. The second-order valence-corrected chi connectivity index (χ2v) is 5.28. The Morgan fingerprint density at radius 3 is 2.52 bits per heavy atom. The number of hydrazone groups is 1. The Bertz CT molecular complexity index is 848. The zero-order valence-corrected chi connectivity index (χ0v) is 13.6. The van der Waals surface area contributed by atoms with Crippen LogP contribution in [0.1, 0.15) is 24.3 Å². The van der Waals surface area contributed by atoms with Gasteiger partial charge in [0.2, 0.25) is 18.0 Å². The Morgan fingerprint density at radius 2 is 1.92 bits per heavy atom. The molecule has 1 amide bonds. The molecule has 0 spiro atoms. The van der Waals surface area contributed by atoms with Crippen LogP contribution in [0.2, 0.25) is 0 Å². The Balaban J connectivity index is 1.97. The van der Waals surface area contributed by atoms with Crippen LogP contribution in [-0.4, -0.2) is 28.8 Å². The molecule has 0 fully saturated rings. The molecule has 2 aromatic rings. The van der Waals surface area contributed by atoms with Gasteiger partial charge in [-0.15, -0.1) is 5.10 Å². The van der Waals surface area contributed by atoms with Crippen molar-refractivity contribution in [2.45, 2.75) is 13.2 Å². The zero-order chi connectivity index (χ0) is 18.0. The minimum atomic E-state index is -0.990. The third-order valence-corrected chi connectivity index (χ3v) is 3.70. The predicted octanol–water partition coefficient (Wildman–Crippen LogP) is 2.84. The summed E-state index contributed by atoms with van der Waals surface area (Å²) in [5.74, 6) is 0.494. The van der Waals surface area contributed by atoms with Crippen molar-refractivity contribution in [3.63, 3.8) is 0 Å². The maximum Gasteiger partial charge on any atom is 0.278 e. The molecule has 0 aliphatic carbocycles. The van der Waals surface area contributed by atoms with E-state index in [1.807, 2.05) is 0 Å². The van der Waals surface area contributed by atoms with E-state index in [0.29, 0.717) is 11.3 Å². The Morgan fingerprint density at radius 1 is 1.24 bits per heavy atom. The van der Waals surface area contributed by atoms with Crippen LogP contribution in [0.25, 0.3) is 0 Å². The van der Waals surface area contributed by atoms with Crippen LogP contribution in [0, 0.1) is 10.1 Å². The fourth-order valence-corrected chi connectivity index (χ4v) is 2.48. The summed E-state index contributed by atoms with van der Waals surface area (Å²) in [5, 5.41) is 16.6. The first kappa shape index (κ1) is 16.4. The normalized spacial score (nSPS) is 16.2. The number of benzene rings is 2. The molecule has 8 nitrogen and oxygen atoms in total. The molecule has 0 radical (unpaired) electrons. The van der Waals surface area contributed by atoms with Gasteiger partial charge in [0.25, 0.3) is 5.69 Å². The van der Waals surface area contributed by atoms with E-state index >= 15 is 0 Å². The summed E-state index contributed by atoms with van der Waals surface area (Å²) in [4.78, 5) is 22.7. The Labute approximate surface area is 143 Å². The molecule has 0 saturated carbocycles. The lowest BCUT2D eigenvalue weighted by atomic mass is 10.1. The third-order valence-electron chi connectivity index (χ3n) is 3.70. The summed E-state index contributed by atoms with van der Waals surface area (Å²) >= 11 is 0. The summed E-state index contributed by atoms with van der Waals surface area (Å²) in [5.41, 5.74) is 0.757. The number of carbonyl (C=O) groups is 1. The number of nitrogens with zero attached hydrogens (tertiary/aromatic N) is 3. The molecular formula is C17H15N3O5. The van der Waals surface area contributed by atoms with Crippen LogP contribution in [0.4, 0.5) is 5.69 Å². The highest BCUT2D eigenvalue weighted by atomic mass is 16.6. The van der Waals surface area contributed by atoms with Gasteiger partial charge in [-0.2, -0.15) is 5.01 Å². The minimum Gasteiger partial charge on any atom is -0.497 e. The SMILES string of the molecule is COc1ccc(C2=NN(C(C)=O)[C@@H](c3ccccc3[N+](=O)[O-])O2)cc1. The fraction of sp³-hybridized carbons (Fsp3) is 0.176. The van der Waals surface area contributed by atoms with Crippen LogP contribution >= 0.6 is 0 Å². The number of nitro benzene ring substituents is 1. The molecule has 8 heteroatoms. The number of para-hydroxylation sites is 1. The number of carbonyl (C=O) groups excluding carboxylic acids is 1. The van der Waals surface area contributed by atoms with Gasteiger partial charge in [0.1, 0.15) is 5.75 Å². The van der Waals surface area contributed by atoms with E-state index in [1.165, 1.54) is 13.0 Å². The molecule has 0 saturated heterocycles. The van der Waals surface area contributed by atoms with E-state index in [9.17, 15) is 14.9 Å². The second-order valence-electron chi connectivity index (χ2n) is 5.28. The van der Waals surface area contributed by atoms with Gasteiger partial charge in [-0.1, -0.05) is 12.1 Å². The first-order valence-electron chi connectivity index (χ1n) is 7.44. The maximum atomic E-state index is 11.9. The molecule has 0 aromatic heterocycles. The lowest BCUT2D eigenvalue weighted by Gasteiger charge is -2.19. The van der Waals surface area contributed by atoms with Crippen molar-refractivity contribution in [3.8, 4) is 5.75 Å². The highest BCUT2D eigenvalue weighted by Crippen LogP contribution is 2.35. The maximum absolute atomic E-state index is 11.9. The highest BCUT2D eigenvalue weighted by molar-refractivity contribution is 5.96. The van der Waals surface area contributed by atoms with Gasteiger partial charge in [0.05, 0.1) is 17.6 Å². The van der Waals surface area contributed by atoms with E-state index in [-0.39, 0.29) is 23.1 Å². The third kappa shape index (κ3) is 3.14. The highest BCUT2D eigenvalue weighted by Gasteiger charge is 2.37. The molecule has 1 aliphatic rings. The average molecular weight is 341 g/mol. The number of nitro groups is 1. The van der Waals surface area contributed by atoms with Crippen LogP contribution < -0.4 is 4.74 Å². The quantitative estimate of drug-likeness (QED) is 0.629. The van der Waals surface area contributed by atoms with Crippen molar-refractivity contribution in [1.82, 2.24) is 5.01 Å². The van der Waals surface area contributed by atoms with Crippen LogP contribution in [-0.2, 0) is 9.53 Å². The van der Waals surface area contributed by atoms with Crippen LogP contribution in [0.5, 0.6) is 5.75 Å². The fourth-order valence-electron chi connectivity index (χ4n) is 2.48. The van der Waals surface area contributed by atoms with Gasteiger partial charge in [-0.05, 0) is 30.3 Å². The van der Waals surface area contributed by atoms with Gasteiger partial charge in [0, 0.05) is 18.6 Å². The number of methoxy groups -OCH3 is 1. The first-order chi connectivity index (χ1) is 12.0. The topological polar surface area (TPSA) is 94.3 Å². The molecule has 0 N–H and O–H groups in total. The van der Waals surface area contributed by atoms with Crippen molar-refractivity contribution >= 4 is 17.5 Å². The number of hydrogen-bond donors (Lipinski definition) is 0. The molecule has 0 unspecified atom stereocenters. The van der Waals surface area contributed by atoms with Crippen molar-refractivity contribution in [2.24, 2.45) is 5.10 Å². The number of ether oxygens (including phenoxy) is 2. The Kier molecular flexibility index (Phi) is 4.34. The molecule has 0 bridgehead atoms. The zero-order valence-electron chi connectivity index (χ0n) is 13.6. The summed E-state index contributed by atoms with van der Waals surface area (Å²) in [7, 11) is 1.56. The van der Waals surface area contributed by atoms with E-state index in [4.69, 9.17) is 9.47 Å². The van der Waals surface area contributed by atoms with Gasteiger partial charge >= 0.3 is 0 Å². The molecule has 128 valence electrons. The predicted molar refractivity (Wildman–Crippen MR) is 89.0 cm³/mol. The number of amides is 1. The number of hydrogen-bond acceptors (Lipinski definition) is 6. The standard InChI is InChI=1S/C17H15N3O5/c1-11(21)19-17(14-5-3-4-6-15(14)20(22)23)25-16(18-19)12-7-9-13(24-2)10-8-12/h3-10,17H,1-2H3/t17-/m1/s1. The molecule has 1 heterocycles. The van der Waals surface area contributed by atoms with E-state index in [0.717, 1.165) is 5.01 Å². The van der Waals surface area contributed by atoms with Crippen molar-refractivity contribution in [1.29, 1.82) is 0 Å². The molecular weight excluding hydrogens is 326 g/mol. The lowest BCUT2D eigenvalue weighted by molar-refractivity contribution is -0.386. The van der Waals surface area contributed by atoms with Gasteiger partial charge < -0.3 is 9.47 Å². The summed E-state index contributed by atoms with van der Waals surface area (Å²) in [6.45, 7) is 1.32. The van der Waals surface area contributed by atoms with Gasteiger partial charge in [0.15, 0.2) is 0 Å². The van der Waals surface area contributed by atoms with Gasteiger partial charge in [-0.25, -0.2) is 0 Å². The smallest absolute Gasteiger partial charge is 0.278 e. The second kappa shape index (κ2) is 6.60. The molecule has 1 aliphatic heterocycles. The summed E-state index contributed by atoms with van der Waals surface area (Å²) < 4.78 is 10.9. The molecule has 3 rings (SSSR count). The monoisotopic (exact) mass is 341 g/mol. The van der Waals surface area contributed by atoms with E-state index < -0.39 is 11.2 Å². The van der Waals surface area contributed by atoms with Crippen molar-refractivity contribution in [2.75, 3.05) is 7.11 Å². The van der Waals surface area contributed by atoms with Crippen LogP contribution in [0.15, 0.2) is 53.6 Å². The lowest BCUT2D eigenvalue weighted by Crippen LogP contribution is -2.25. The molecule has 2 aromatic carbocycles. The molecule has 25 heavy (non-hydrogen) atoms. The Hall–Kier alpha value is -3.42. The van der Waals surface area contributed by atoms with E-state index in [2.05, 4.69) is 5.10 Å². The van der Waals surface area contributed by atoms with E-state index in [1.54, 1.807) is 49.6 Å². The van der Waals surface area contributed by atoms with Crippen molar-refractivity contribution in [3.05, 3.63) is 69.8 Å². The van der Waals surface area contributed by atoms with Crippen LogP contribution in [0.3, 0.4) is 0 Å². The first-order valence-corrected chi connectivity index (χ1v) is 7.44. The van der Waals surface area contributed by atoms with Gasteiger partial charge in [-0.3, -0.25) is 14.9 Å². The molecule has 1 atom stereocenters. The number of rotatable bonds is 4. The summed E-state index contributed by atoms with van der Waals surface area (Å²) in [6.07, 6.45) is -0.990. The largest absolute Gasteiger partial charge is 0.497 e.